The Hall–Kier alpha value is -1.19. The molecule has 7 nitrogen and oxygen atoms in total. The maximum atomic E-state index is 10.3. The molecular weight excluding hydrogens is 282 g/mol. The molecule has 2 aromatic rings. The van der Waals surface area contributed by atoms with Crippen molar-refractivity contribution in [2.75, 3.05) is 12.9 Å². The van der Waals surface area contributed by atoms with Crippen LogP contribution in [0.5, 0.6) is 0 Å². The standard InChI is InChI=1S/C12H15N3O4S/c1-19-12(11(18)10(17)9(16)5-20-12)6-2-3-7-8(4-6)14-15-13-7/h2-4,9-11,16-18H,5H2,1H3,(H,13,14,15)/t9-,10+,11-,12-/m1/s1. The van der Waals surface area contributed by atoms with E-state index in [9.17, 15) is 15.3 Å². The molecule has 0 radical (unpaired) electrons. The summed E-state index contributed by atoms with van der Waals surface area (Å²) in [6.07, 6.45) is -3.48. The number of aromatic amines is 1. The number of aliphatic hydroxyl groups excluding tert-OH is 3. The van der Waals surface area contributed by atoms with Crippen LogP contribution in [0.2, 0.25) is 0 Å². The highest BCUT2D eigenvalue weighted by Crippen LogP contribution is 2.46. The van der Waals surface area contributed by atoms with Crippen molar-refractivity contribution in [3.8, 4) is 0 Å². The number of nitrogens with one attached hydrogen (secondary N) is 1. The zero-order chi connectivity index (χ0) is 14.3. The van der Waals surface area contributed by atoms with Crippen molar-refractivity contribution in [3.63, 3.8) is 0 Å². The molecule has 0 unspecified atom stereocenters. The second kappa shape index (κ2) is 4.97. The fourth-order valence-electron chi connectivity index (χ4n) is 2.44. The number of thioether (sulfide) groups is 1. The van der Waals surface area contributed by atoms with Gasteiger partial charge in [0, 0.05) is 12.9 Å². The Kier molecular flexibility index (Phi) is 3.43. The molecule has 1 aliphatic rings. The molecule has 0 saturated carbocycles. The van der Waals surface area contributed by atoms with E-state index in [1.165, 1.54) is 18.9 Å². The van der Waals surface area contributed by atoms with Crippen LogP contribution in [-0.2, 0) is 9.67 Å². The van der Waals surface area contributed by atoms with Crippen molar-refractivity contribution in [2.24, 2.45) is 0 Å². The van der Waals surface area contributed by atoms with Crippen LogP contribution in [0.25, 0.3) is 11.0 Å². The Morgan fingerprint density at radius 1 is 1.40 bits per heavy atom. The van der Waals surface area contributed by atoms with E-state index in [0.29, 0.717) is 11.1 Å². The minimum Gasteiger partial charge on any atom is -0.389 e. The molecule has 108 valence electrons. The van der Waals surface area contributed by atoms with E-state index < -0.39 is 23.2 Å². The van der Waals surface area contributed by atoms with E-state index in [1.807, 2.05) is 0 Å². The topological polar surface area (TPSA) is 111 Å². The smallest absolute Gasteiger partial charge is 0.167 e. The van der Waals surface area contributed by atoms with Gasteiger partial charge in [-0.15, -0.1) is 16.9 Å². The van der Waals surface area contributed by atoms with Crippen molar-refractivity contribution in [2.45, 2.75) is 23.2 Å². The molecule has 8 heteroatoms. The number of methoxy groups -OCH3 is 1. The highest BCUT2D eigenvalue weighted by atomic mass is 32.2. The lowest BCUT2D eigenvalue weighted by atomic mass is 9.96. The molecule has 1 saturated heterocycles. The predicted molar refractivity (Wildman–Crippen MR) is 73.1 cm³/mol. The maximum Gasteiger partial charge on any atom is 0.167 e. The van der Waals surface area contributed by atoms with Crippen LogP contribution in [0, 0.1) is 0 Å². The third kappa shape index (κ3) is 1.92. The summed E-state index contributed by atoms with van der Waals surface area (Å²) in [6, 6.07) is 5.32. The minimum atomic E-state index is -1.26. The van der Waals surface area contributed by atoms with E-state index in [0.717, 1.165) is 5.52 Å². The van der Waals surface area contributed by atoms with Gasteiger partial charge in [0.1, 0.15) is 17.7 Å². The summed E-state index contributed by atoms with van der Waals surface area (Å²) >= 11 is 1.25. The Morgan fingerprint density at radius 2 is 2.20 bits per heavy atom. The Balaban J connectivity index is 2.07. The van der Waals surface area contributed by atoms with Gasteiger partial charge in [0.05, 0.1) is 11.6 Å². The second-order valence-electron chi connectivity index (χ2n) is 4.73. The monoisotopic (exact) mass is 297 g/mol. The Labute approximate surface area is 119 Å². The van der Waals surface area contributed by atoms with Crippen LogP contribution in [-0.4, -0.2) is 61.9 Å². The lowest BCUT2D eigenvalue weighted by Crippen LogP contribution is -2.55. The molecule has 0 aliphatic carbocycles. The lowest BCUT2D eigenvalue weighted by Gasteiger charge is -2.44. The van der Waals surface area contributed by atoms with Gasteiger partial charge in [-0.3, -0.25) is 5.10 Å². The van der Waals surface area contributed by atoms with E-state index >= 15 is 0 Å². The van der Waals surface area contributed by atoms with Crippen molar-refractivity contribution in [1.29, 1.82) is 0 Å². The summed E-state index contributed by atoms with van der Waals surface area (Å²) in [6.45, 7) is 0. The fraction of sp³-hybridized carbons (Fsp3) is 0.500. The number of fused-ring (bicyclic) bond motifs is 1. The van der Waals surface area contributed by atoms with E-state index in [-0.39, 0.29) is 5.75 Å². The first-order chi connectivity index (χ1) is 9.58. The number of benzene rings is 1. The zero-order valence-corrected chi connectivity index (χ0v) is 11.5. The average molecular weight is 297 g/mol. The van der Waals surface area contributed by atoms with Gasteiger partial charge in [-0.2, -0.15) is 0 Å². The molecule has 1 aromatic heterocycles. The third-order valence-electron chi connectivity index (χ3n) is 3.61. The number of rotatable bonds is 2. The number of nitrogens with zero attached hydrogens (tertiary/aromatic N) is 2. The highest BCUT2D eigenvalue weighted by molar-refractivity contribution is 8.00. The first kappa shape index (κ1) is 13.8. The van der Waals surface area contributed by atoms with Crippen LogP contribution < -0.4 is 0 Å². The van der Waals surface area contributed by atoms with Gasteiger partial charge in [-0.25, -0.2) is 0 Å². The molecule has 3 rings (SSSR count). The van der Waals surface area contributed by atoms with Gasteiger partial charge in [-0.1, -0.05) is 11.3 Å². The van der Waals surface area contributed by atoms with Crippen molar-refractivity contribution >= 4 is 22.8 Å². The van der Waals surface area contributed by atoms with Crippen LogP contribution in [0.15, 0.2) is 18.2 Å². The molecule has 4 N–H and O–H groups in total. The zero-order valence-electron chi connectivity index (χ0n) is 10.7. The molecule has 1 aliphatic heterocycles. The van der Waals surface area contributed by atoms with Gasteiger partial charge in [0.2, 0.25) is 0 Å². The van der Waals surface area contributed by atoms with E-state index in [1.54, 1.807) is 18.2 Å². The molecule has 0 bridgehead atoms. The molecule has 4 atom stereocenters. The van der Waals surface area contributed by atoms with Gasteiger partial charge >= 0.3 is 0 Å². The summed E-state index contributed by atoms with van der Waals surface area (Å²) < 4.78 is 5.50. The number of hydrogen-bond donors (Lipinski definition) is 4. The van der Waals surface area contributed by atoms with E-state index in [4.69, 9.17) is 4.74 Å². The molecule has 0 spiro atoms. The van der Waals surface area contributed by atoms with Gasteiger partial charge in [0.15, 0.2) is 4.93 Å². The summed E-state index contributed by atoms with van der Waals surface area (Å²) in [5.74, 6) is 0.267. The van der Waals surface area contributed by atoms with Crippen LogP contribution in [0.1, 0.15) is 5.56 Å². The quantitative estimate of drug-likeness (QED) is 0.596. The van der Waals surface area contributed by atoms with Crippen LogP contribution in [0.3, 0.4) is 0 Å². The average Bonchev–Trinajstić information content (AvgIpc) is 2.93. The Bertz CT molecular complexity index is 622. The Morgan fingerprint density at radius 3 is 2.95 bits per heavy atom. The first-order valence-electron chi connectivity index (χ1n) is 6.13. The molecule has 0 amide bonds. The van der Waals surface area contributed by atoms with Gasteiger partial charge in [0.25, 0.3) is 0 Å². The number of ether oxygens (including phenoxy) is 1. The molecule has 1 fully saturated rings. The van der Waals surface area contributed by atoms with Crippen molar-refractivity contribution in [3.05, 3.63) is 23.8 Å². The van der Waals surface area contributed by atoms with Gasteiger partial charge < -0.3 is 20.1 Å². The normalized spacial score (nSPS) is 34.5. The lowest BCUT2D eigenvalue weighted by molar-refractivity contribution is -0.134. The summed E-state index contributed by atoms with van der Waals surface area (Å²) in [5.41, 5.74) is 2.09. The summed E-state index contributed by atoms with van der Waals surface area (Å²) in [7, 11) is 1.47. The van der Waals surface area contributed by atoms with Crippen LogP contribution >= 0.6 is 11.8 Å². The molecule has 1 aromatic carbocycles. The fourth-order valence-corrected chi connectivity index (χ4v) is 3.78. The molecule has 20 heavy (non-hydrogen) atoms. The number of hydrogen-bond acceptors (Lipinski definition) is 7. The number of aromatic nitrogens is 3. The SMILES string of the molecule is CO[C@]1(c2ccc3[nH]nnc3c2)SC[C@@H](O)[C@H](O)[C@H]1O. The predicted octanol–water partition coefficient (Wildman–Crippen LogP) is -0.413. The van der Waals surface area contributed by atoms with Crippen molar-refractivity contribution < 1.29 is 20.1 Å². The highest BCUT2D eigenvalue weighted by Gasteiger charge is 2.50. The number of H-pyrrole nitrogens is 1. The van der Waals surface area contributed by atoms with E-state index in [2.05, 4.69) is 15.4 Å². The first-order valence-corrected chi connectivity index (χ1v) is 7.11. The second-order valence-corrected chi connectivity index (χ2v) is 5.96. The summed E-state index contributed by atoms with van der Waals surface area (Å²) in [5, 5.41) is 40.3. The molecule has 2 heterocycles. The number of aliphatic hydroxyl groups is 3. The maximum absolute atomic E-state index is 10.3. The molecular formula is C12H15N3O4S. The minimum absolute atomic E-state index is 0.267. The third-order valence-corrected chi connectivity index (χ3v) is 5.19. The van der Waals surface area contributed by atoms with Crippen LogP contribution in [0.4, 0.5) is 0 Å². The van der Waals surface area contributed by atoms with Crippen molar-refractivity contribution in [1.82, 2.24) is 15.4 Å². The van der Waals surface area contributed by atoms with Gasteiger partial charge in [-0.05, 0) is 17.7 Å². The summed E-state index contributed by atoms with van der Waals surface area (Å²) in [4.78, 5) is -1.13. The largest absolute Gasteiger partial charge is 0.389 e.